The average molecular weight is 310 g/mol. The molecule has 0 spiro atoms. The van der Waals surface area contributed by atoms with Crippen LogP contribution in [-0.2, 0) is 9.59 Å². The highest BCUT2D eigenvalue weighted by molar-refractivity contribution is 6.22. The fraction of sp³-hybridized carbons (Fsp3) is 0.474. The molecule has 4 rings (SSSR count). The zero-order valence-corrected chi connectivity index (χ0v) is 13.6. The number of carbonyl (C=O) groups is 2. The quantitative estimate of drug-likeness (QED) is 0.634. The lowest BCUT2D eigenvalue weighted by atomic mass is 9.85. The predicted molar refractivity (Wildman–Crippen MR) is 90.2 cm³/mol. The number of carbonyl (C=O) groups excluding carboxylic acids is 2. The van der Waals surface area contributed by atoms with E-state index in [0.29, 0.717) is 5.69 Å². The van der Waals surface area contributed by atoms with Crippen LogP contribution in [0.4, 0.5) is 11.4 Å². The van der Waals surface area contributed by atoms with Gasteiger partial charge < -0.3 is 4.90 Å². The molecule has 2 aliphatic carbocycles. The van der Waals surface area contributed by atoms with Gasteiger partial charge in [-0.3, -0.25) is 14.5 Å². The highest BCUT2D eigenvalue weighted by atomic mass is 16.2. The molecule has 0 aromatic heterocycles. The molecule has 1 aromatic rings. The molecule has 4 atom stereocenters. The van der Waals surface area contributed by atoms with Crippen molar-refractivity contribution in [2.45, 2.75) is 20.3 Å². The fourth-order valence-corrected chi connectivity index (χ4v) is 4.56. The van der Waals surface area contributed by atoms with Crippen molar-refractivity contribution in [1.29, 1.82) is 0 Å². The minimum absolute atomic E-state index is 0.00700. The third-order valence-electron chi connectivity index (χ3n) is 5.71. The lowest BCUT2D eigenvalue weighted by Crippen LogP contribution is -2.32. The van der Waals surface area contributed by atoms with Crippen LogP contribution >= 0.6 is 0 Å². The van der Waals surface area contributed by atoms with Gasteiger partial charge in [0.1, 0.15) is 0 Å². The number of imide groups is 1. The number of amides is 2. The molecule has 23 heavy (non-hydrogen) atoms. The molecule has 1 aliphatic heterocycles. The monoisotopic (exact) mass is 310 g/mol. The lowest BCUT2D eigenvalue weighted by molar-refractivity contribution is -0.123. The van der Waals surface area contributed by atoms with E-state index in [-0.39, 0.29) is 35.5 Å². The van der Waals surface area contributed by atoms with Crippen molar-refractivity contribution in [2.24, 2.45) is 23.7 Å². The Morgan fingerprint density at radius 3 is 1.96 bits per heavy atom. The maximum absolute atomic E-state index is 12.8. The Kier molecular flexibility index (Phi) is 3.29. The van der Waals surface area contributed by atoms with E-state index in [0.717, 1.165) is 25.2 Å². The average Bonchev–Trinajstić information content (AvgIpc) is 3.24. The van der Waals surface area contributed by atoms with E-state index in [4.69, 9.17) is 0 Å². The van der Waals surface area contributed by atoms with Gasteiger partial charge in [-0.05, 0) is 56.4 Å². The van der Waals surface area contributed by atoms with E-state index < -0.39 is 0 Å². The third-order valence-corrected chi connectivity index (χ3v) is 5.71. The second-order valence-electron chi connectivity index (χ2n) is 6.70. The predicted octanol–water partition coefficient (Wildman–Crippen LogP) is 2.84. The number of anilines is 2. The summed E-state index contributed by atoms with van der Waals surface area (Å²) in [7, 11) is 0. The molecule has 1 heterocycles. The van der Waals surface area contributed by atoms with Gasteiger partial charge in [0, 0.05) is 18.8 Å². The maximum Gasteiger partial charge on any atom is 0.238 e. The molecule has 0 N–H and O–H groups in total. The number of hydrogen-bond acceptors (Lipinski definition) is 3. The summed E-state index contributed by atoms with van der Waals surface area (Å²) in [4.78, 5) is 29.2. The van der Waals surface area contributed by atoms with Crippen molar-refractivity contribution in [1.82, 2.24) is 0 Å². The number of rotatable bonds is 4. The largest absolute Gasteiger partial charge is 0.372 e. The number of nitrogens with zero attached hydrogens (tertiary/aromatic N) is 2. The Morgan fingerprint density at radius 2 is 1.48 bits per heavy atom. The minimum Gasteiger partial charge on any atom is -0.372 e. The van der Waals surface area contributed by atoms with E-state index in [9.17, 15) is 9.59 Å². The van der Waals surface area contributed by atoms with E-state index in [1.165, 1.54) is 4.90 Å². The number of fused-ring (bicyclic) bond motifs is 5. The molecule has 2 fully saturated rings. The van der Waals surface area contributed by atoms with Gasteiger partial charge in [-0.25, -0.2) is 0 Å². The topological polar surface area (TPSA) is 40.6 Å². The summed E-state index contributed by atoms with van der Waals surface area (Å²) < 4.78 is 0. The Labute approximate surface area is 136 Å². The van der Waals surface area contributed by atoms with Crippen LogP contribution < -0.4 is 9.80 Å². The molecular formula is C19H22N2O2. The van der Waals surface area contributed by atoms with Crippen molar-refractivity contribution in [3.63, 3.8) is 0 Å². The zero-order valence-electron chi connectivity index (χ0n) is 13.6. The lowest BCUT2D eigenvalue weighted by Gasteiger charge is -2.22. The molecule has 1 saturated carbocycles. The summed E-state index contributed by atoms with van der Waals surface area (Å²) in [6.45, 7) is 6.12. The van der Waals surface area contributed by atoms with E-state index in [1.807, 2.05) is 24.3 Å². The highest BCUT2D eigenvalue weighted by Gasteiger charge is 2.59. The number of hydrogen-bond donors (Lipinski definition) is 0. The van der Waals surface area contributed by atoms with Crippen molar-refractivity contribution in [3.05, 3.63) is 36.4 Å². The fourth-order valence-electron chi connectivity index (χ4n) is 4.56. The summed E-state index contributed by atoms with van der Waals surface area (Å²) >= 11 is 0. The zero-order chi connectivity index (χ0) is 16.1. The molecule has 120 valence electrons. The van der Waals surface area contributed by atoms with Crippen molar-refractivity contribution in [3.8, 4) is 0 Å². The molecule has 0 radical (unpaired) electrons. The molecule has 1 saturated heterocycles. The van der Waals surface area contributed by atoms with Crippen LogP contribution in [-0.4, -0.2) is 24.9 Å². The molecular weight excluding hydrogens is 288 g/mol. The van der Waals surface area contributed by atoms with Crippen LogP contribution in [0.2, 0.25) is 0 Å². The first-order valence-corrected chi connectivity index (χ1v) is 8.56. The Bertz CT molecular complexity index is 645. The molecule has 4 nitrogen and oxygen atoms in total. The second kappa shape index (κ2) is 5.22. The van der Waals surface area contributed by atoms with Crippen molar-refractivity contribution < 1.29 is 9.59 Å². The minimum atomic E-state index is -0.125. The SMILES string of the molecule is CCN(CC)c1ccc(N2C(=O)[C@@H]3[C@H](C2=O)[C@H]2C=C[C@H]3C2)cc1. The molecule has 4 heteroatoms. The van der Waals surface area contributed by atoms with Gasteiger partial charge in [-0.15, -0.1) is 0 Å². The Balaban J connectivity index is 1.62. The van der Waals surface area contributed by atoms with Gasteiger partial charge in [0.05, 0.1) is 17.5 Å². The van der Waals surface area contributed by atoms with Gasteiger partial charge >= 0.3 is 0 Å². The summed E-state index contributed by atoms with van der Waals surface area (Å²) in [6, 6.07) is 7.81. The van der Waals surface area contributed by atoms with Crippen LogP contribution in [0.1, 0.15) is 20.3 Å². The number of benzene rings is 1. The first kappa shape index (κ1) is 14.5. The van der Waals surface area contributed by atoms with Gasteiger partial charge in [0.2, 0.25) is 11.8 Å². The van der Waals surface area contributed by atoms with Crippen molar-refractivity contribution >= 4 is 23.2 Å². The second-order valence-corrected chi connectivity index (χ2v) is 6.70. The third kappa shape index (κ3) is 1.97. The van der Waals surface area contributed by atoms with E-state index in [1.54, 1.807) is 0 Å². The highest BCUT2D eigenvalue weighted by Crippen LogP contribution is 2.53. The summed E-state index contributed by atoms with van der Waals surface area (Å²) in [5.74, 6) is 0.266. The van der Waals surface area contributed by atoms with E-state index >= 15 is 0 Å². The normalized spacial score (nSPS) is 31.1. The molecule has 0 unspecified atom stereocenters. The first-order valence-electron chi connectivity index (χ1n) is 8.56. The summed E-state index contributed by atoms with van der Waals surface area (Å²) in [5, 5.41) is 0. The molecule has 2 amide bonds. The van der Waals surface area contributed by atoms with Crippen molar-refractivity contribution in [2.75, 3.05) is 22.9 Å². The van der Waals surface area contributed by atoms with Crippen LogP contribution in [0.5, 0.6) is 0 Å². The van der Waals surface area contributed by atoms with Crippen LogP contribution in [0.3, 0.4) is 0 Å². The Hall–Kier alpha value is -2.10. The van der Waals surface area contributed by atoms with Gasteiger partial charge in [-0.2, -0.15) is 0 Å². The van der Waals surface area contributed by atoms with Gasteiger partial charge in [-0.1, -0.05) is 12.2 Å². The van der Waals surface area contributed by atoms with Gasteiger partial charge in [0.15, 0.2) is 0 Å². The van der Waals surface area contributed by atoms with Crippen LogP contribution in [0.25, 0.3) is 0 Å². The first-order chi connectivity index (χ1) is 11.2. The standard InChI is InChI=1S/C19H22N2O2/c1-3-20(4-2)14-7-9-15(10-8-14)21-18(22)16-12-5-6-13(11-12)17(16)19(21)23/h5-10,12-13,16-17H,3-4,11H2,1-2H3/t12-,13-,16-,17+/m0/s1. The van der Waals surface area contributed by atoms with Crippen LogP contribution in [0, 0.1) is 23.7 Å². The van der Waals surface area contributed by atoms with E-state index in [2.05, 4.69) is 30.9 Å². The molecule has 3 aliphatic rings. The van der Waals surface area contributed by atoms with Gasteiger partial charge in [0.25, 0.3) is 0 Å². The smallest absolute Gasteiger partial charge is 0.238 e. The summed E-state index contributed by atoms with van der Waals surface area (Å²) in [5.41, 5.74) is 1.84. The summed E-state index contributed by atoms with van der Waals surface area (Å²) in [6.07, 6.45) is 5.23. The Morgan fingerprint density at radius 1 is 0.957 bits per heavy atom. The maximum atomic E-state index is 12.8. The molecule has 1 aromatic carbocycles. The molecule has 2 bridgehead atoms. The van der Waals surface area contributed by atoms with Crippen LogP contribution in [0.15, 0.2) is 36.4 Å². The number of allylic oxidation sites excluding steroid dienone is 2.